The standard InChI is InChI=1S/C14H21N5O2/c1-2-15-13-7-12(19(20)21)8-14(17-13)16-10-5-6-18(9-10)11-3-4-11/h7-8,10-11H,2-6,9H2,1H3,(H2,15,16,17). The number of pyridine rings is 1. The number of nitrogens with zero attached hydrogens (tertiary/aromatic N) is 3. The van der Waals surface area contributed by atoms with E-state index in [9.17, 15) is 10.1 Å². The first-order valence-corrected chi connectivity index (χ1v) is 7.56. The molecule has 7 heteroatoms. The van der Waals surface area contributed by atoms with Crippen LogP contribution in [-0.2, 0) is 0 Å². The molecule has 21 heavy (non-hydrogen) atoms. The first kappa shape index (κ1) is 14.1. The molecule has 0 spiro atoms. The molecule has 2 fully saturated rings. The number of anilines is 2. The fourth-order valence-electron chi connectivity index (χ4n) is 2.85. The first-order valence-electron chi connectivity index (χ1n) is 7.56. The van der Waals surface area contributed by atoms with Crippen molar-refractivity contribution in [2.75, 3.05) is 30.3 Å². The van der Waals surface area contributed by atoms with Crippen LogP contribution in [0.4, 0.5) is 17.3 Å². The predicted octanol–water partition coefficient (Wildman–Crippen LogP) is 2.07. The van der Waals surface area contributed by atoms with Gasteiger partial charge in [0.25, 0.3) is 5.69 Å². The molecule has 2 N–H and O–H groups in total. The molecule has 1 saturated carbocycles. The zero-order chi connectivity index (χ0) is 14.8. The van der Waals surface area contributed by atoms with Crippen LogP contribution in [0, 0.1) is 10.1 Å². The SMILES string of the molecule is CCNc1cc([N+](=O)[O-])cc(NC2CCN(C3CC3)C2)n1. The number of hydrogen-bond acceptors (Lipinski definition) is 6. The largest absolute Gasteiger partial charge is 0.370 e. The van der Waals surface area contributed by atoms with E-state index in [0.717, 1.165) is 25.6 Å². The summed E-state index contributed by atoms with van der Waals surface area (Å²) in [6.45, 7) is 4.74. The smallest absolute Gasteiger partial charge is 0.276 e. The van der Waals surface area contributed by atoms with Crippen molar-refractivity contribution in [1.29, 1.82) is 0 Å². The zero-order valence-electron chi connectivity index (χ0n) is 12.2. The van der Waals surface area contributed by atoms with E-state index in [1.54, 1.807) is 0 Å². The lowest BCUT2D eigenvalue weighted by Gasteiger charge is -2.16. The predicted molar refractivity (Wildman–Crippen MR) is 81.7 cm³/mol. The summed E-state index contributed by atoms with van der Waals surface area (Å²) in [5.41, 5.74) is 0.0699. The first-order chi connectivity index (χ1) is 10.2. The summed E-state index contributed by atoms with van der Waals surface area (Å²) in [7, 11) is 0. The van der Waals surface area contributed by atoms with Crippen molar-refractivity contribution in [2.45, 2.75) is 38.3 Å². The highest BCUT2D eigenvalue weighted by molar-refractivity contribution is 5.55. The second-order valence-corrected chi connectivity index (χ2v) is 5.74. The van der Waals surface area contributed by atoms with E-state index < -0.39 is 0 Å². The number of hydrogen-bond donors (Lipinski definition) is 2. The Morgan fingerprint density at radius 2 is 2.14 bits per heavy atom. The Morgan fingerprint density at radius 1 is 1.38 bits per heavy atom. The van der Waals surface area contributed by atoms with E-state index in [-0.39, 0.29) is 10.6 Å². The van der Waals surface area contributed by atoms with E-state index in [0.29, 0.717) is 24.2 Å². The van der Waals surface area contributed by atoms with Crippen LogP contribution < -0.4 is 10.6 Å². The van der Waals surface area contributed by atoms with Crippen LogP contribution in [-0.4, -0.2) is 46.5 Å². The molecular formula is C14H21N5O2. The third-order valence-corrected chi connectivity index (χ3v) is 4.01. The van der Waals surface area contributed by atoms with Gasteiger partial charge >= 0.3 is 0 Å². The third-order valence-electron chi connectivity index (χ3n) is 4.01. The molecule has 2 aliphatic rings. The summed E-state index contributed by atoms with van der Waals surface area (Å²) < 4.78 is 0. The van der Waals surface area contributed by atoms with E-state index >= 15 is 0 Å². The van der Waals surface area contributed by atoms with Crippen molar-refractivity contribution in [2.24, 2.45) is 0 Å². The van der Waals surface area contributed by atoms with Crippen LogP contribution in [0.2, 0.25) is 0 Å². The molecule has 2 heterocycles. The Hall–Kier alpha value is -1.89. The van der Waals surface area contributed by atoms with Crippen LogP contribution in [0.5, 0.6) is 0 Å². The summed E-state index contributed by atoms with van der Waals surface area (Å²) in [4.78, 5) is 17.5. The fourth-order valence-corrected chi connectivity index (χ4v) is 2.85. The van der Waals surface area contributed by atoms with Crippen LogP contribution in [0.3, 0.4) is 0 Å². The lowest BCUT2D eigenvalue weighted by molar-refractivity contribution is -0.384. The second kappa shape index (κ2) is 5.85. The average Bonchev–Trinajstić information content (AvgIpc) is 3.20. The van der Waals surface area contributed by atoms with E-state index in [2.05, 4.69) is 20.5 Å². The summed E-state index contributed by atoms with van der Waals surface area (Å²) in [6.07, 6.45) is 3.69. The van der Waals surface area contributed by atoms with Crippen molar-refractivity contribution in [3.8, 4) is 0 Å². The van der Waals surface area contributed by atoms with Gasteiger partial charge < -0.3 is 10.6 Å². The van der Waals surface area contributed by atoms with Gasteiger partial charge in [0.1, 0.15) is 11.6 Å². The van der Waals surface area contributed by atoms with Gasteiger partial charge in [-0.1, -0.05) is 0 Å². The molecule has 1 unspecified atom stereocenters. The van der Waals surface area contributed by atoms with E-state index in [4.69, 9.17) is 0 Å². The third kappa shape index (κ3) is 3.41. The van der Waals surface area contributed by atoms with Crippen LogP contribution >= 0.6 is 0 Å². The molecular weight excluding hydrogens is 270 g/mol. The maximum absolute atomic E-state index is 11.0. The normalized spacial score (nSPS) is 22.2. The Labute approximate surface area is 123 Å². The number of rotatable bonds is 6. The molecule has 1 saturated heterocycles. The number of nitro groups is 1. The lowest BCUT2D eigenvalue weighted by atomic mass is 10.2. The van der Waals surface area contributed by atoms with Gasteiger partial charge in [-0.2, -0.15) is 0 Å². The van der Waals surface area contributed by atoms with E-state index in [1.807, 2.05) is 6.92 Å². The summed E-state index contributed by atoms with van der Waals surface area (Å²) >= 11 is 0. The Morgan fingerprint density at radius 3 is 2.81 bits per heavy atom. The summed E-state index contributed by atoms with van der Waals surface area (Å²) in [5, 5.41) is 17.4. The molecule has 114 valence electrons. The molecule has 1 aromatic rings. The summed E-state index contributed by atoms with van der Waals surface area (Å²) in [5.74, 6) is 1.13. The topological polar surface area (TPSA) is 83.3 Å². The number of nitrogens with one attached hydrogen (secondary N) is 2. The minimum Gasteiger partial charge on any atom is -0.370 e. The van der Waals surface area contributed by atoms with Gasteiger partial charge in [0, 0.05) is 31.7 Å². The molecule has 0 radical (unpaired) electrons. The highest BCUT2D eigenvalue weighted by Crippen LogP contribution is 2.31. The molecule has 1 aromatic heterocycles. The van der Waals surface area contributed by atoms with Gasteiger partial charge in [-0.25, -0.2) is 4.98 Å². The van der Waals surface area contributed by atoms with Crippen molar-refractivity contribution in [3.63, 3.8) is 0 Å². The number of aromatic nitrogens is 1. The molecule has 3 rings (SSSR count). The molecule has 0 aromatic carbocycles. The van der Waals surface area contributed by atoms with Crippen molar-refractivity contribution >= 4 is 17.3 Å². The van der Waals surface area contributed by atoms with Crippen molar-refractivity contribution < 1.29 is 4.92 Å². The van der Waals surface area contributed by atoms with Gasteiger partial charge in [0.15, 0.2) is 0 Å². The molecule has 1 aliphatic carbocycles. The Kier molecular flexibility index (Phi) is 3.92. The Balaban J connectivity index is 1.70. The maximum atomic E-state index is 11.0. The molecule has 0 bridgehead atoms. The summed E-state index contributed by atoms with van der Waals surface area (Å²) in [6, 6.07) is 4.09. The van der Waals surface area contributed by atoms with Gasteiger partial charge in [-0.3, -0.25) is 15.0 Å². The van der Waals surface area contributed by atoms with Gasteiger partial charge in [-0.15, -0.1) is 0 Å². The van der Waals surface area contributed by atoms with Crippen LogP contribution in [0.1, 0.15) is 26.2 Å². The fraction of sp³-hybridized carbons (Fsp3) is 0.643. The van der Waals surface area contributed by atoms with Gasteiger partial charge in [-0.05, 0) is 26.2 Å². The van der Waals surface area contributed by atoms with Crippen LogP contribution in [0.15, 0.2) is 12.1 Å². The molecule has 1 aliphatic heterocycles. The highest BCUT2D eigenvalue weighted by Gasteiger charge is 2.34. The van der Waals surface area contributed by atoms with Gasteiger partial charge in [0.05, 0.1) is 17.1 Å². The van der Waals surface area contributed by atoms with Crippen molar-refractivity contribution in [1.82, 2.24) is 9.88 Å². The van der Waals surface area contributed by atoms with Crippen LogP contribution in [0.25, 0.3) is 0 Å². The minimum atomic E-state index is -0.376. The minimum absolute atomic E-state index is 0.0699. The molecule has 1 atom stereocenters. The zero-order valence-corrected chi connectivity index (χ0v) is 12.2. The van der Waals surface area contributed by atoms with E-state index in [1.165, 1.54) is 25.0 Å². The van der Waals surface area contributed by atoms with Crippen molar-refractivity contribution in [3.05, 3.63) is 22.2 Å². The lowest BCUT2D eigenvalue weighted by Crippen LogP contribution is -2.28. The molecule has 0 amide bonds. The molecule has 7 nitrogen and oxygen atoms in total. The second-order valence-electron chi connectivity index (χ2n) is 5.74. The number of likely N-dealkylation sites (tertiary alicyclic amines) is 1. The van der Waals surface area contributed by atoms with Gasteiger partial charge in [0.2, 0.25) is 0 Å². The quantitative estimate of drug-likeness (QED) is 0.616. The monoisotopic (exact) mass is 291 g/mol. The highest BCUT2D eigenvalue weighted by atomic mass is 16.6. The average molecular weight is 291 g/mol. The Bertz CT molecular complexity index is 532. The maximum Gasteiger partial charge on any atom is 0.276 e.